The van der Waals surface area contributed by atoms with Crippen molar-refractivity contribution in [3.8, 4) is 0 Å². The molecule has 4 aromatic carbocycles. The number of nitrogens with zero attached hydrogens (tertiary/aromatic N) is 2. The third-order valence-electron chi connectivity index (χ3n) is 5.17. The van der Waals surface area contributed by atoms with Gasteiger partial charge in [0.15, 0.2) is 0 Å². The highest BCUT2D eigenvalue weighted by Crippen LogP contribution is 2.17. The summed E-state index contributed by atoms with van der Waals surface area (Å²) in [6.45, 7) is 0. The first kappa shape index (κ1) is 24.3. The molecule has 180 valence electrons. The van der Waals surface area contributed by atoms with Crippen molar-refractivity contribution in [2.45, 2.75) is 0 Å². The van der Waals surface area contributed by atoms with E-state index in [1.54, 1.807) is 0 Å². The Morgan fingerprint density at radius 2 is 0.667 bits per heavy atom. The largest absolute Gasteiger partial charge is 0.462 e. The predicted octanol–water partition coefficient (Wildman–Crippen LogP) is 6.34. The lowest BCUT2D eigenvalue weighted by Gasteiger charge is -2.11. The average Bonchev–Trinajstić information content (AvgIpc) is 2.96. The number of ether oxygens (including phenoxy) is 2. The lowest BCUT2D eigenvalue weighted by Crippen LogP contribution is -2.08. The summed E-state index contributed by atoms with van der Waals surface area (Å²) >= 11 is 0. The Kier molecular flexibility index (Phi) is 8.48. The van der Waals surface area contributed by atoms with Gasteiger partial charge in [0, 0.05) is 22.3 Å². The standard InChI is InChI=1S/C30H26N2O4/c1-33-29(35-31-27(23-15-7-3-8-16-23)24-17-9-4-10-18-24)30(34-2)36-32-28(25-19-11-5-12-20-25)26-21-13-6-14-22-26/h3-22H,1-2H3/b30-29+. The second-order valence-corrected chi connectivity index (χ2v) is 7.51. The van der Waals surface area contributed by atoms with Gasteiger partial charge in [-0.1, -0.05) is 132 Å². The topological polar surface area (TPSA) is 61.6 Å². The summed E-state index contributed by atoms with van der Waals surface area (Å²) < 4.78 is 10.8. The molecule has 0 spiro atoms. The van der Waals surface area contributed by atoms with Crippen LogP contribution in [-0.2, 0) is 19.1 Å². The fourth-order valence-electron chi connectivity index (χ4n) is 3.42. The van der Waals surface area contributed by atoms with Crippen LogP contribution in [0.25, 0.3) is 0 Å². The molecule has 0 aromatic heterocycles. The molecule has 0 aliphatic rings. The highest BCUT2D eigenvalue weighted by molar-refractivity contribution is 6.13. The van der Waals surface area contributed by atoms with Gasteiger partial charge in [-0.25, -0.2) is 0 Å². The molecule has 4 rings (SSSR count). The van der Waals surface area contributed by atoms with Crippen molar-refractivity contribution in [1.82, 2.24) is 0 Å². The minimum atomic E-state index is -0.0777. The minimum absolute atomic E-state index is 0.0777. The Balaban J connectivity index is 1.68. The van der Waals surface area contributed by atoms with Gasteiger partial charge in [-0.2, -0.15) is 0 Å². The lowest BCUT2D eigenvalue weighted by atomic mass is 10.0. The van der Waals surface area contributed by atoms with Crippen LogP contribution in [0, 0.1) is 0 Å². The number of benzene rings is 4. The first-order chi connectivity index (χ1) is 17.8. The summed E-state index contributed by atoms with van der Waals surface area (Å²) in [6.07, 6.45) is 0. The monoisotopic (exact) mass is 478 g/mol. The Hall–Kier alpha value is -4.84. The van der Waals surface area contributed by atoms with Gasteiger partial charge >= 0.3 is 11.9 Å². The van der Waals surface area contributed by atoms with Gasteiger partial charge in [0.25, 0.3) is 0 Å². The van der Waals surface area contributed by atoms with Crippen LogP contribution in [0.2, 0.25) is 0 Å². The number of hydrogen-bond acceptors (Lipinski definition) is 6. The van der Waals surface area contributed by atoms with Crippen LogP contribution in [0.5, 0.6) is 0 Å². The minimum Gasteiger partial charge on any atom is -0.462 e. The molecular weight excluding hydrogens is 452 g/mol. The van der Waals surface area contributed by atoms with E-state index in [1.165, 1.54) is 14.2 Å². The SMILES string of the molecule is CO/C(ON=C(c1ccccc1)c1ccccc1)=C(/OC)ON=C(c1ccccc1)c1ccccc1. The van der Waals surface area contributed by atoms with Gasteiger partial charge < -0.3 is 19.1 Å². The van der Waals surface area contributed by atoms with Crippen molar-refractivity contribution >= 4 is 11.4 Å². The smallest absolute Gasteiger partial charge is 0.393 e. The summed E-state index contributed by atoms with van der Waals surface area (Å²) in [5.74, 6) is -0.155. The van der Waals surface area contributed by atoms with Gasteiger partial charge in [0.05, 0.1) is 14.2 Å². The molecule has 0 aliphatic carbocycles. The van der Waals surface area contributed by atoms with Crippen molar-refractivity contribution in [2.24, 2.45) is 10.3 Å². The van der Waals surface area contributed by atoms with Gasteiger partial charge in [0.2, 0.25) is 0 Å². The summed E-state index contributed by atoms with van der Waals surface area (Å²) in [4.78, 5) is 11.4. The predicted molar refractivity (Wildman–Crippen MR) is 140 cm³/mol. The van der Waals surface area contributed by atoms with Crippen LogP contribution < -0.4 is 0 Å². The van der Waals surface area contributed by atoms with Gasteiger partial charge in [-0.3, -0.25) is 0 Å². The molecule has 0 saturated carbocycles. The molecular formula is C30H26N2O4. The maximum absolute atomic E-state index is 5.69. The van der Waals surface area contributed by atoms with Crippen molar-refractivity contribution in [1.29, 1.82) is 0 Å². The van der Waals surface area contributed by atoms with Crippen molar-refractivity contribution in [3.05, 3.63) is 155 Å². The van der Waals surface area contributed by atoms with Crippen LogP contribution in [0.3, 0.4) is 0 Å². The second kappa shape index (κ2) is 12.6. The third kappa shape index (κ3) is 6.18. The molecule has 0 heterocycles. The first-order valence-corrected chi connectivity index (χ1v) is 11.3. The molecule has 0 radical (unpaired) electrons. The zero-order valence-electron chi connectivity index (χ0n) is 20.1. The van der Waals surface area contributed by atoms with Crippen molar-refractivity contribution in [3.63, 3.8) is 0 Å². The van der Waals surface area contributed by atoms with Crippen LogP contribution in [-0.4, -0.2) is 25.6 Å². The highest BCUT2D eigenvalue weighted by atomic mass is 16.8. The number of oxime groups is 2. The Morgan fingerprint density at radius 1 is 0.417 bits per heavy atom. The molecule has 0 atom stereocenters. The molecule has 6 nitrogen and oxygen atoms in total. The van der Waals surface area contributed by atoms with E-state index in [0.29, 0.717) is 11.4 Å². The highest BCUT2D eigenvalue weighted by Gasteiger charge is 2.17. The zero-order chi connectivity index (χ0) is 25.0. The van der Waals surface area contributed by atoms with E-state index in [0.717, 1.165) is 22.3 Å². The summed E-state index contributed by atoms with van der Waals surface area (Å²) in [7, 11) is 2.88. The fourth-order valence-corrected chi connectivity index (χ4v) is 3.42. The fraction of sp³-hybridized carbons (Fsp3) is 0.0667. The third-order valence-corrected chi connectivity index (χ3v) is 5.17. The number of rotatable bonds is 10. The maximum Gasteiger partial charge on any atom is 0.393 e. The quantitative estimate of drug-likeness (QED) is 0.151. The molecule has 0 amide bonds. The molecule has 36 heavy (non-hydrogen) atoms. The van der Waals surface area contributed by atoms with Gasteiger partial charge in [-0.05, 0) is 0 Å². The first-order valence-electron chi connectivity index (χ1n) is 11.3. The van der Waals surface area contributed by atoms with Gasteiger partial charge in [-0.15, -0.1) is 0 Å². The van der Waals surface area contributed by atoms with Crippen molar-refractivity contribution < 1.29 is 19.1 Å². The molecule has 6 heteroatoms. The van der Waals surface area contributed by atoms with E-state index in [-0.39, 0.29) is 11.9 Å². The summed E-state index contributed by atoms with van der Waals surface area (Å²) in [5, 5.41) is 8.75. The number of hydrogen-bond donors (Lipinski definition) is 0. The van der Waals surface area contributed by atoms with E-state index in [9.17, 15) is 0 Å². The molecule has 0 N–H and O–H groups in total. The summed E-state index contributed by atoms with van der Waals surface area (Å²) in [6, 6.07) is 38.9. The number of methoxy groups -OCH3 is 2. The Labute approximate surface area is 210 Å². The Bertz CT molecular complexity index is 1130. The van der Waals surface area contributed by atoms with E-state index in [1.807, 2.05) is 121 Å². The van der Waals surface area contributed by atoms with E-state index < -0.39 is 0 Å². The van der Waals surface area contributed by atoms with Crippen LogP contribution >= 0.6 is 0 Å². The van der Waals surface area contributed by atoms with Crippen LogP contribution in [0.4, 0.5) is 0 Å². The normalized spacial score (nSPS) is 10.9. The molecule has 0 aliphatic heterocycles. The summed E-state index contributed by atoms with van der Waals surface area (Å²) in [5.41, 5.74) is 4.78. The average molecular weight is 479 g/mol. The van der Waals surface area contributed by atoms with E-state index in [4.69, 9.17) is 19.1 Å². The molecule has 0 fully saturated rings. The van der Waals surface area contributed by atoms with Gasteiger partial charge in [0.1, 0.15) is 11.4 Å². The Morgan fingerprint density at radius 3 is 0.889 bits per heavy atom. The van der Waals surface area contributed by atoms with E-state index >= 15 is 0 Å². The van der Waals surface area contributed by atoms with Crippen LogP contribution in [0.1, 0.15) is 22.3 Å². The zero-order valence-corrected chi connectivity index (χ0v) is 20.1. The van der Waals surface area contributed by atoms with E-state index in [2.05, 4.69) is 10.3 Å². The molecule has 4 aromatic rings. The second-order valence-electron chi connectivity index (χ2n) is 7.51. The molecule has 0 bridgehead atoms. The van der Waals surface area contributed by atoms with Crippen LogP contribution in [0.15, 0.2) is 144 Å². The maximum atomic E-state index is 5.69. The molecule has 0 unspecified atom stereocenters. The van der Waals surface area contributed by atoms with Crippen molar-refractivity contribution in [2.75, 3.05) is 14.2 Å². The molecule has 0 saturated heterocycles. The lowest BCUT2D eigenvalue weighted by molar-refractivity contribution is -0.0185.